The molecule has 148 valence electrons. The van der Waals surface area contributed by atoms with Crippen LogP contribution in [-0.2, 0) is 13.2 Å². The Morgan fingerprint density at radius 2 is 1.67 bits per heavy atom. The molecule has 0 radical (unpaired) electrons. The molecular formula is C22H29Cl2NO2. The molecule has 0 saturated heterocycles. The Labute approximate surface area is 173 Å². The van der Waals surface area contributed by atoms with Crippen molar-refractivity contribution < 1.29 is 9.47 Å². The van der Waals surface area contributed by atoms with Crippen LogP contribution in [0.25, 0.3) is 0 Å². The van der Waals surface area contributed by atoms with Crippen LogP contribution in [0.15, 0.2) is 36.4 Å². The Kier molecular flexibility index (Phi) is 9.82. The number of hydrogen-bond acceptors (Lipinski definition) is 3. The largest absolute Gasteiger partial charge is 0.493 e. The highest BCUT2D eigenvalue weighted by Gasteiger charge is 2.11. The van der Waals surface area contributed by atoms with Crippen LogP contribution in [0.2, 0.25) is 10.0 Å². The highest BCUT2D eigenvalue weighted by atomic mass is 35.5. The molecular weight excluding hydrogens is 381 g/mol. The minimum absolute atomic E-state index is 0.363. The molecule has 0 aliphatic heterocycles. The van der Waals surface area contributed by atoms with Crippen molar-refractivity contribution in [2.45, 2.75) is 52.2 Å². The zero-order valence-corrected chi connectivity index (χ0v) is 17.7. The lowest BCUT2D eigenvalue weighted by atomic mass is 10.1. The fourth-order valence-corrected chi connectivity index (χ4v) is 3.24. The number of hydrogen-bond donors (Lipinski definition) is 1. The fraction of sp³-hybridized carbons (Fsp3) is 0.455. The summed E-state index contributed by atoms with van der Waals surface area (Å²) in [4.78, 5) is 0. The molecule has 0 spiro atoms. The molecule has 3 nitrogen and oxygen atoms in total. The van der Waals surface area contributed by atoms with Crippen LogP contribution < -0.4 is 14.8 Å². The smallest absolute Gasteiger partial charge is 0.163 e. The van der Waals surface area contributed by atoms with Gasteiger partial charge in [0.2, 0.25) is 0 Å². The van der Waals surface area contributed by atoms with Crippen molar-refractivity contribution in [3.8, 4) is 11.5 Å². The van der Waals surface area contributed by atoms with E-state index in [0.29, 0.717) is 34.7 Å². The van der Waals surface area contributed by atoms with E-state index >= 15 is 0 Å². The molecule has 0 aliphatic carbocycles. The van der Waals surface area contributed by atoms with Crippen molar-refractivity contribution in [1.82, 2.24) is 5.32 Å². The quantitative estimate of drug-likeness (QED) is 0.398. The van der Waals surface area contributed by atoms with Gasteiger partial charge in [-0.2, -0.15) is 0 Å². The molecule has 2 rings (SSSR count). The normalized spacial score (nSPS) is 10.8. The number of unbranched alkanes of at least 4 members (excludes halogenated alkanes) is 4. The van der Waals surface area contributed by atoms with E-state index in [2.05, 4.69) is 12.2 Å². The summed E-state index contributed by atoms with van der Waals surface area (Å²) < 4.78 is 11.4. The third-order valence-electron chi connectivity index (χ3n) is 4.45. The highest BCUT2D eigenvalue weighted by Crippen LogP contribution is 2.34. The van der Waals surface area contributed by atoms with Gasteiger partial charge >= 0.3 is 0 Å². The first-order valence-electron chi connectivity index (χ1n) is 9.59. The van der Waals surface area contributed by atoms with Crippen LogP contribution in [0.4, 0.5) is 0 Å². The summed E-state index contributed by atoms with van der Waals surface area (Å²) in [5, 5.41) is 4.81. The molecule has 5 heteroatoms. The monoisotopic (exact) mass is 409 g/mol. The van der Waals surface area contributed by atoms with Gasteiger partial charge in [-0.1, -0.05) is 74.0 Å². The Hall–Kier alpha value is -1.42. The molecule has 0 unspecified atom stereocenters. The van der Waals surface area contributed by atoms with Gasteiger partial charge in [0.05, 0.1) is 7.11 Å². The van der Waals surface area contributed by atoms with Crippen molar-refractivity contribution in [2.75, 3.05) is 13.7 Å². The van der Waals surface area contributed by atoms with Crippen molar-refractivity contribution >= 4 is 23.2 Å². The number of nitrogens with one attached hydrogen (secondary N) is 1. The molecule has 0 fully saturated rings. The lowest BCUT2D eigenvalue weighted by molar-refractivity contribution is 0.284. The lowest BCUT2D eigenvalue weighted by Crippen LogP contribution is -2.15. The van der Waals surface area contributed by atoms with Crippen molar-refractivity contribution in [1.29, 1.82) is 0 Å². The first-order valence-corrected chi connectivity index (χ1v) is 10.3. The highest BCUT2D eigenvalue weighted by molar-refractivity contribution is 6.31. The van der Waals surface area contributed by atoms with Gasteiger partial charge in [0, 0.05) is 28.2 Å². The predicted molar refractivity (Wildman–Crippen MR) is 114 cm³/mol. The van der Waals surface area contributed by atoms with Crippen LogP contribution in [0.5, 0.6) is 11.5 Å². The Balaban J connectivity index is 1.91. The average molecular weight is 410 g/mol. The zero-order chi connectivity index (χ0) is 19.5. The van der Waals surface area contributed by atoms with E-state index < -0.39 is 0 Å². The molecule has 0 heterocycles. The first-order chi connectivity index (χ1) is 13.2. The van der Waals surface area contributed by atoms with Gasteiger partial charge in [0.15, 0.2) is 11.5 Å². The van der Waals surface area contributed by atoms with E-state index in [-0.39, 0.29) is 0 Å². The van der Waals surface area contributed by atoms with Crippen LogP contribution in [0, 0.1) is 0 Å². The van der Waals surface area contributed by atoms with Gasteiger partial charge in [-0.3, -0.25) is 0 Å². The molecule has 1 N–H and O–H groups in total. The SMILES string of the molecule is CCCCCCCNCc1cc(OC)c(OCc2ccccc2Cl)cc1Cl. The number of halogens is 2. The van der Waals surface area contributed by atoms with Crippen molar-refractivity contribution in [3.05, 3.63) is 57.6 Å². The molecule has 0 amide bonds. The molecule has 0 aliphatic rings. The van der Waals surface area contributed by atoms with Gasteiger partial charge in [0.25, 0.3) is 0 Å². The summed E-state index contributed by atoms with van der Waals surface area (Å²) in [6, 6.07) is 11.4. The van der Waals surface area contributed by atoms with Gasteiger partial charge in [-0.05, 0) is 30.7 Å². The lowest BCUT2D eigenvalue weighted by Gasteiger charge is -2.15. The molecule has 0 bridgehead atoms. The predicted octanol–water partition coefficient (Wildman–Crippen LogP) is 6.64. The standard InChI is InChI=1S/C22H29Cl2NO2/c1-3-4-5-6-9-12-25-15-18-13-21(26-2)22(14-20(18)24)27-16-17-10-7-8-11-19(17)23/h7-8,10-11,13-14,25H,3-6,9,12,15-16H2,1-2H3. The van der Waals surface area contributed by atoms with Crippen LogP contribution in [0.1, 0.15) is 50.2 Å². The Morgan fingerprint density at radius 3 is 2.41 bits per heavy atom. The summed E-state index contributed by atoms with van der Waals surface area (Å²) in [6.07, 6.45) is 6.36. The van der Waals surface area contributed by atoms with Crippen molar-refractivity contribution in [3.63, 3.8) is 0 Å². The maximum absolute atomic E-state index is 6.45. The third kappa shape index (κ3) is 7.25. The summed E-state index contributed by atoms with van der Waals surface area (Å²) in [5.41, 5.74) is 1.93. The zero-order valence-electron chi connectivity index (χ0n) is 16.2. The van der Waals surface area contributed by atoms with E-state index in [1.54, 1.807) is 7.11 Å². The van der Waals surface area contributed by atoms with E-state index in [1.807, 2.05) is 36.4 Å². The van der Waals surface area contributed by atoms with Gasteiger partial charge in [0.1, 0.15) is 6.61 Å². The van der Waals surface area contributed by atoms with Crippen LogP contribution in [-0.4, -0.2) is 13.7 Å². The number of benzene rings is 2. The number of methoxy groups -OCH3 is 1. The summed E-state index contributed by atoms with van der Waals surface area (Å²) >= 11 is 12.6. The second kappa shape index (κ2) is 12.1. The minimum atomic E-state index is 0.363. The maximum Gasteiger partial charge on any atom is 0.163 e. The molecule has 0 saturated carbocycles. The van der Waals surface area contributed by atoms with Gasteiger partial charge in [-0.15, -0.1) is 0 Å². The molecule has 2 aromatic rings. The second-order valence-corrected chi connectivity index (χ2v) is 7.38. The summed E-state index contributed by atoms with van der Waals surface area (Å²) in [5.74, 6) is 1.29. The van der Waals surface area contributed by atoms with E-state index in [1.165, 1.54) is 32.1 Å². The Bertz CT molecular complexity index is 707. The van der Waals surface area contributed by atoms with Crippen LogP contribution in [0.3, 0.4) is 0 Å². The van der Waals surface area contributed by atoms with Crippen molar-refractivity contribution in [2.24, 2.45) is 0 Å². The average Bonchev–Trinajstić information content (AvgIpc) is 2.67. The molecule has 2 aromatic carbocycles. The molecule has 0 atom stereocenters. The second-order valence-electron chi connectivity index (χ2n) is 6.57. The molecule has 27 heavy (non-hydrogen) atoms. The Morgan fingerprint density at radius 1 is 0.889 bits per heavy atom. The molecule has 0 aromatic heterocycles. The maximum atomic E-state index is 6.45. The summed E-state index contributed by atoms with van der Waals surface area (Å²) in [6.45, 7) is 4.30. The van der Waals surface area contributed by atoms with Gasteiger partial charge < -0.3 is 14.8 Å². The van der Waals surface area contributed by atoms with E-state index in [0.717, 1.165) is 17.7 Å². The van der Waals surface area contributed by atoms with E-state index in [9.17, 15) is 0 Å². The topological polar surface area (TPSA) is 30.5 Å². The van der Waals surface area contributed by atoms with Crippen LogP contribution >= 0.6 is 23.2 Å². The van der Waals surface area contributed by atoms with Gasteiger partial charge in [-0.25, -0.2) is 0 Å². The fourth-order valence-electron chi connectivity index (χ4n) is 2.83. The third-order valence-corrected chi connectivity index (χ3v) is 5.17. The van der Waals surface area contributed by atoms with E-state index in [4.69, 9.17) is 32.7 Å². The number of ether oxygens (including phenoxy) is 2. The number of rotatable bonds is 12. The summed E-state index contributed by atoms with van der Waals surface area (Å²) in [7, 11) is 1.64. The minimum Gasteiger partial charge on any atom is -0.493 e. The first kappa shape index (κ1) is 21.9.